The lowest BCUT2D eigenvalue weighted by Crippen LogP contribution is -2.47. The second-order valence-electron chi connectivity index (χ2n) is 5.41. The van der Waals surface area contributed by atoms with Gasteiger partial charge in [0, 0.05) is 18.9 Å². The van der Waals surface area contributed by atoms with E-state index in [-0.39, 0.29) is 12.8 Å². The molecule has 0 radical (unpaired) electrons. The molecule has 0 aliphatic heterocycles. The molecule has 0 aromatic heterocycles. The normalized spacial score (nSPS) is 27.9. The number of alkyl carbamates (subject to hydrolysis) is 1. The van der Waals surface area contributed by atoms with E-state index in [1.807, 2.05) is 0 Å². The third-order valence-corrected chi connectivity index (χ3v) is 2.60. The van der Waals surface area contributed by atoms with Crippen LogP contribution < -0.4 is 10.6 Å². The molecule has 1 aliphatic carbocycles. The molecule has 2 atom stereocenters. The molecular formula is C11H20F2N2O2. The molecule has 1 aliphatic rings. The Morgan fingerprint density at radius 2 is 1.82 bits per heavy atom. The van der Waals surface area contributed by atoms with Crippen molar-refractivity contribution in [2.24, 2.45) is 0 Å². The molecule has 0 spiro atoms. The molecule has 0 bridgehead atoms. The van der Waals surface area contributed by atoms with Crippen molar-refractivity contribution < 1.29 is 18.3 Å². The summed E-state index contributed by atoms with van der Waals surface area (Å²) in [6.45, 7) is 5.18. The summed E-state index contributed by atoms with van der Waals surface area (Å²) in [4.78, 5) is 11.5. The minimum Gasteiger partial charge on any atom is -0.444 e. The Labute approximate surface area is 100 Å². The van der Waals surface area contributed by atoms with Crippen molar-refractivity contribution in [3.63, 3.8) is 0 Å². The van der Waals surface area contributed by atoms with Crippen molar-refractivity contribution in [2.75, 3.05) is 7.05 Å². The average molecular weight is 250 g/mol. The largest absolute Gasteiger partial charge is 0.444 e. The molecule has 2 unspecified atom stereocenters. The van der Waals surface area contributed by atoms with Crippen molar-refractivity contribution in [3.8, 4) is 0 Å². The SMILES string of the molecule is CNC1CC(F)(F)CC1NC(=O)OC(C)(C)C. The van der Waals surface area contributed by atoms with E-state index in [2.05, 4.69) is 10.6 Å². The first-order valence-corrected chi connectivity index (χ1v) is 5.67. The first-order chi connectivity index (χ1) is 7.63. The van der Waals surface area contributed by atoms with E-state index in [1.54, 1.807) is 27.8 Å². The van der Waals surface area contributed by atoms with Gasteiger partial charge in [-0.3, -0.25) is 0 Å². The Morgan fingerprint density at radius 3 is 2.29 bits per heavy atom. The first kappa shape index (κ1) is 14.2. The van der Waals surface area contributed by atoms with Gasteiger partial charge in [-0.1, -0.05) is 0 Å². The highest BCUT2D eigenvalue weighted by Gasteiger charge is 2.46. The lowest BCUT2D eigenvalue weighted by molar-refractivity contribution is 0.00473. The van der Waals surface area contributed by atoms with E-state index in [0.717, 1.165) is 0 Å². The van der Waals surface area contributed by atoms with Gasteiger partial charge in [0.05, 0.1) is 6.04 Å². The topological polar surface area (TPSA) is 50.4 Å². The molecule has 0 aromatic carbocycles. The minimum atomic E-state index is -2.73. The van der Waals surface area contributed by atoms with E-state index in [1.165, 1.54) is 0 Å². The van der Waals surface area contributed by atoms with Crippen LogP contribution in [0.4, 0.5) is 13.6 Å². The van der Waals surface area contributed by atoms with Crippen molar-refractivity contribution in [2.45, 2.75) is 57.2 Å². The number of nitrogens with one attached hydrogen (secondary N) is 2. The van der Waals surface area contributed by atoms with Crippen LogP contribution in [0.5, 0.6) is 0 Å². The number of likely N-dealkylation sites (N-methyl/N-ethyl adjacent to an activating group) is 1. The average Bonchev–Trinajstić information content (AvgIpc) is 2.36. The van der Waals surface area contributed by atoms with Gasteiger partial charge in [-0.25, -0.2) is 13.6 Å². The number of halogens is 2. The number of rotatable bonds is 2. The van der Waals surface area contributed by atoms with Crippen LogP contribution in [-0.4, -0.2) is 36.7 Å². The standard InChI is InChI=1S/C11H20F2N2O2/c1-10(2,3)17-9(16)15-8-6-11(12,13)5-7(8)14-4/h7-8,14H,5-6H2,1-4H3,(H,15,16). The predicted octanol–water partition coefficient (Wildman–Crippen LogP) is 1.90. The van der Waals surface area contributed by atoms with Gasteiger partial charge in [-0.2, -0.15) is 0 Å². The van der Waals surface area contributed by atoms with E-state index in [9.17, 15) is 13.6 Å². The molecule has 17 heavy (non-hydrogen) atoms. The van der Waals surface area contributed by atoms with E-state index >= 15 is 0 Å². The highest BCUT2D eigenvalue weighted by Crippen LogP contribution is 2.35. The Morgan fingerprint density at radius 1 is 1.29 bits per heavy atom. The highest BCUT2D eigenvalue weighted by molar-refractivity contribution is 5.68. The highest BCUT2D eigenvalue weighted by atomic mass is 19.3. The molecule has 1 amide bonds. The molecule has 4 nitrogen and oxygen atoms in total. The van der Waals surface area contributed by atoms with Gasteiger partial charge < -0.3 is 15.4 Å². The lowest BCUT2D eigenvalue weighted by Gasteiger charge is -2.24. The third kappa shape index (κ3) is 4.46. The van der Waals surface area contributed by atoms with Crippen molar-refractivity contribution in [1.29, 1.82) is 0 Å². The molecule has 0 saturated heterocycles. The number of carbonyl (C=O) groups is 1. The number of hydrogen-bond acceptors (Lipinski definition) is 3. The first-order valence-electron chi connectivity index (χ1n) is 5.67. The van der Waals surface area contributed by atoms with Crippen molar-refractivity contribution >= 4 is 6.09 Å². The zero-order valence-electron chi connectivity index (χ0n) is 10.6. The molecule has 1 saturated carbocycles. The van der Waals surface area contributed by atoms with Crippen LogP contribution in [0.3, 0.4) is 0 Å². The second-order valence-corrected chi connectivity index (χ2v) is 5.41. The Balaban J connectivity index is 2.53. The number of amides is 1. The summed E-state index contributed by atoms with van der Waals surface area (Å²) in [5, 5.41) is 5.28. The fraction of sp³-hybridized carbons (Fsp3) is 0.909. The summed E-state index contributed by atoms with van der Waals surface area (Å²) in [7, 11) is 1.61. The van der Waals surface area contributed by atoms with Crippen LogP contribution in [0.25, 0.3) is 0 Å². The summed E-state index contributed by atoms with van der Waals surface area (Å²) in [6, 6.07) is -1.01. The van der Waals surface area contributed by atoms with Gasteiger partial charge in [-0.15, -0.1) is 0 Å². The molecule has 2 N–H and O–H groups in total. The number of ether oxygens (including phenoxy) is 1. The van der Waals surface area contributed by atoms with Gasteiger partial charge >= 0.3 is 6.09 Å². The van der Waals surface area contributed by atoms with Crippen molar-refractivity contribution in [3.05, 3.63) is 0 Å². The summed E-state index contributed by atoms with van der Waals surface area (Å²) in [5.41, 5.74) is -0.625. The van der Waals surface area contributed by atoms with E-state index in [0.29, 0.717) is 0 Å². The molecular weight excluding hydrogens is 230 g/mol. The van der Waals surface area contributed by atoms with Crippen LogP contribution in [0.1, 0.15) is 33.6 Å². The quantitative estimate of drug-likeness (QED) is 0.787. The molecule has 100 valence electrons. The predicted molar refractivity (Wildman–Crippen MR) is 60.2 cm³/mol. The third-order valence-electron chi connectivity index (χ3n) is 2.60. The van der Waals surface area contributed by atoms with Crippen LogP contribution in [0.2, 0.25) is 0 Å². The van der Waals surface area contributed by atoms with Crippen LogP contribution >= 0.6 is 0 Å². The molecule has 0 heterocycles. The lowest BCUT2D eigenvalue weighted by atomic mass is 10.2. The summed E-state index contributed by atoms with van der Waals surface area (Å²) in [5.74, 6) is -2.73. The van der Waals surface area contributed by atoms with Gasteiger partial charge in [0.2, 0.25) is 0 Å². The summed E-state index contributed by atoms with van der Waals surface area (Å²) >= 11 is 0. The van der Waals surface area contributed by atoms with Crippen molar-refractivity contribution in [1.82, 2.24) is 10.6 Å². The van der Waals surface area contributed by atoms with Gasteiger partial charge in [-0.05, 0) is 27.8 Å². The molecule has 1 rings (SSSR count). The van der Waals surface area contributed by atoms with E-state index < -0.39 is 29.7 Å². The van der Waals surface area contributed by atoms with Gasteiger partial charge in [0.15, 0.2) is 0 Å². The number of alkyl halides is 2. The molecule has 0 aromatic rings. The summed E-state index contributed by atoms with van der Waals surface area (Å²) < 4.78 is 31.4. The van der Waals surface area contributed by atoms with Gasteiger partial charge in [0.25, 0.3) is 5.92 Å². The number of carbonyl (C=O) groups excluding carboxylic acids is 1. The monoisotopic (exact) mass is 250 g/mol. The Hall–Kier alpha value is -0.910. The van der Waals surface area contributed by atoms with Crippen LogP contribution in [-0.2, 0) is 4.74 Å². The van der Waals surface area contributed by atoms with Crippen LogP contribution in [0, 0.1) is 0 Å². The summed E-state index contributed by atoms with van der Waals surface area (Å²) in [6.07, 6.45) is -1.26. The zero-order valence-corrected chi connectivity index (χ0v) is 10.6. The maximum Gasteiger partial charge on any atom is 0.407 e. The smallest absolute Gasteiger partial charge is 0.407 e. The fourth-order valence-electron chi connectivity index (χ4n) is 1.93. The Bertz CT molecular complexity index is 290. The molecule has 6 heteroatoms. The van der Waals surface area contributed by atoms with Crippen LogP contribution in [0.15, 0.2) is 0 Å². The maximum atomic E-state index is 13.2. The van der Waals surface area contributed by atoms with E-state index in [4.69, 9.17) is 4.74 Å². The maximum absolute atomic E-state index is 13.2. The molecule has 1 fully saturated rings. The zero-order chi connectivity index (χ0) is 13.3. The minimum absolute atomic E-state index is 0.260. The number of hydrogen-bond donors (Lipinski definition) is 2. The van der Waals surface area contributed by atoms with Gasteiger partial charge in [0.1, 0.15) is 5.60 Å². The Kier molecular flexibility index (Phi) is 3.96. The second kappa shape index (κ2) is 4.76. The fourth-order valence-corrected chi connectivity index (χ4v) is 1.93.